The Morgan fingerprint density at radius 3 is 2.70 bits per heavy atom. The Bertz CT molecular complexity index is 1110. The molecule has 0 aliphatic rings. The first-order valence-corrected chi connectivity index (χ1v) is 9.46. The summed E-state index contributed by atoms with van der Waals surface area (Å²) in [5.41, 5.74) is 1.44. The van der Waals surface area contributed by atoms with Crippen LogP contribution in [-0.2, 0) is 12.3 Å². The third-order valence-electron chi connectivity index (χ3n) is 3.81. The lowest BCUT2D eigenvalue weighted by Gasteiger charge is -2.04. The zero-order valence-corrected chi connectivity index (χ0v) is 15.6. The highest BCUT2D eigenvalue weighted by molar-refractivity contribution is 7.98. The van der Waals surface area contributed by atoms with Gasteiger partial charge in [-0.05, 0) is 17.7 Å². The van der Waals surface area contributed by atoms with Gasteiger partial charge < -0.3 is 4.52 Å². The van der Waals surface area contributed by atoms with Crippen molar-refractivity contribution in [1.29, 1.82) is 0 Å². The van der Waals surface area contributed by atoms with Gasteiger partial charge >= 0.3 is 5.69 Å². The molecule has 27 heavy (non-hydrogen) atoms. The Labute approximate surface area is 163 Å². The number of aromatic amines is 1. The van der Waals surface area contributed by atoms with Gasteiger partial charge in [0.2, 0.25) is 0 Å². The number of nitrogens with zero attached hydrogens (tertiary/aromatic N) is 4. The van der Waals surface area contributed by atoms with Gasteiger partial charge in [0.05, 0.1) is 22.9 Å². The van der Waals surface area contributed by atoms with Crippen molar-refractivity contribution in [2.75, 3.05) is 0 Å². The highest BCUT2D eigenvalue weighted by Crippen LogP contribution is 2.27. The summed E-state index contributed by atoms with van der Waals surface area (Å²) in [4.78, 5) is 16.4. The van der Waals surface area contributed by atoms with Gasteiger partial charge in [-0.1, -0.05) is 71.0 Å². The molecule has 9 heteroatoms. The number of nitrogens with one attached hydrogen (secondary N) is 1. The summed E-state index contributed by atoms with van der Waals surface area (Å²) in [5.74, 6) is 1.27. The first kappa shape index (κ1) is 17.6. The molecule has 0 amide bonds. The molecule has 0 spiro atoms. The van der Waals surface area contributed by atoms with E-state index in [0.717, 1.165) is 5.56 Å². The molecule has 2 aromatic heterocycles. The number of hydrogen-bond acceptors (Lipinski definition) is 6. The summed E-state index contributed by atoms with van der Waals surface area (Å²) >= 11 is 7.51. The second kappa shape index (κ2) is 7.81. The van der Waals surface area contributed by atoms with Crippen molar-refractivity contribution in [3.05, 3.63) is 81.5 Å². The molecule has 0 aliphatic heterocycles. The maximum Gasteiger partial charge on any atom is 0.344 e. The Kier molecular flexibility index (Phi) is 5.08. The minimum absolute atomic E-state index is 0.258. The van der Waals surface area contributed by atoms with Crippen LogP contribution < -0.4 is 5.69 Å². The van der Waals surface area contributed by atoms with Crippen LogP contribution in [0.25, 0.3) is 11.5 Å². The fraction of sp³-hybridized carbons (Fsp3) is 0.111. The van der Waals surface area contributed by atoms with E-state index in [1.165, 1.54) is 11.8 Å². The second-order valence-corrected chi connectivity index (χ2v) is 7.02. The van der Waals surface area contributed by atoms with E-state index in [0.29, 0.717) is 39.8 Å². The van der Waals surface area contributed by atoms with Crippen molar-refractivity contribution in [2.24, 2.45) is 0 Å². The van der Waals surface area contributed by atoms with Crippen molar-refractivity contribution in [3.8, 4) is 11.5 Å². The highest BCUT2D eigenvalue weighted by Gasteiger charge is 2.14. The van der Waals surface area contributed by atoms with Crippen LogP contribution >= 0.6 is 23.4 Å². The molecule has 4 aromatic rings. The molecule has 136 valence electrons. The van der Waals surface area contributed by atoms with E-state index in [2.05, 4.69) is 20.3 Å². The lowest BCUT2D eigenvalue weighted by atomic mass is 10.2. The molecular weight excluding hydrogens is 386 g/mol. The molecule has 0 saturated heterocycles. The van der Waals surface area contributed by atoms with E-state index in [4.69, 9.17) is 16.1 Å². The molecule has 0 radical (unpaired) electrons. The topological polar surface area (TPSA) is 89.6 Å². The monoisotopic (exact) mass is 399 g/mol. The van der Waals surface area contributed by atoms with Crippen LogP contribution in [0.4, 0.5) is 0 Å². The predicted molar refractivity (Wildman–Crippen MR) is 103 cm³/mol. The molecule has 0 aliphatic carbocycles. The van der Waals surface area contributed by atoms with Crippen LogP contribution in [0.3, 0.4) is 0 Å². The fourth-order valence-electron chi connectivity index (χ4n) is 2.50. The largest absolute Gasteiger partial charge is 0.344 e. The molecule has 2 heterocycles. The quantitative estimate of drug-likeness (QED) is 0.498. The van der Waals surface area contributed by atoms with Gasteiger partial charge in [-0.15, -0.1) is 5.10 Å². The van der Waals surface area contributed by atoms with Gasteiger partial charge in [-0.3, -0.25) is 4.57 Å². The molecule has 1 N–H and O–H groups in total. The van der Waals surface area contributed by atoms with Crippen LogP contribution in [0.1, 0.15) is 11.4 Å². The second-order valence-electron chi connectivity index (χ2n) is 5.67. The number of thioether (sulfide) groups is 1. The lowest BCUT2D eigenvalue weighted by Crippen LogP contribution is -2.18. The van der Waals surface area contributed by atoms with Crippen molar-refractivity contribution >= 4 is 23.4 Å². The highest BCUT2D eigenvalue weighted by atomic mass is 35.5. The summed E-state index contributed by atoms with van der Waals surface area (Å²) in [6, 6.07) is 17.0. The summed E-state index contributed by atoms with van der Waals surface area (Å²) in [5, 5.41) is 11.7. The molecular formula is C18H14ClN5O2S. The zero-order chi connectivity index (χ0) is 18.6. The van der Waals surface area contributed by atoms with Crippen molar-refractivity contribution in [1.82, 2.24) is 24.9 Å². The Morgan fingerprint density at radius 1 is 1.11 bits per heavy atom. The summed E-state index contributed by atoms with van der Waals surface area (Å²) in [6.07, 6.45) is 0. The van der Waals surface area contributed by atoms with Crippen LogP contribution in [0.5, 0.6) is 0 Å². The molecule has 0 bridgehead atoms. The van der Waals surface area contributed by atoms with Gasteiger partial charge in [0, 0.05) is 0 Å². The Hall–Kier alpha value is -2.84. The van der Waals surface area contributed by atoms with Crippen LogP contribution in [0, 0.1) is 0 Å². The standard InChI is InChI=1S/C18H14ClN5O2S/c19-14-9-5-4-8-13(14)16-20-15(23-26-16)11-27-18-22-21-17(25)24(18)10-12-6-2-1-3-7-12/h1-9H,10-11H2,(H,21,25). The molecule has 0 atom stereocenters. The number of halogens is 1. The van der Waals surface area contributed by atoms with E-state index in [1.807, 2.05) is 48.5 Å². The average molecular weight is 400 g/mol. The predicted octanol–water partition coefficient (Wildman–Crippen LogP) is 3.62. The molecule has 0 saturated carbocycles. The van der Waals surface area contributed by atoms with Crippen molar-refractivity contribution < 1.29 is 4.52 Å². The third kappa shape index (κ3) is 3.96. The van der Waals surface area contributed by atoms with Gasteiger partial charge in [0.15, 0.2) is 11.0 Å². The summed E-state index contributed by atoms with van der Waals surface area (Å²) in [7, 11) is 0. The number of rotatable bonds is 6. The van der Waals surface area contributed by atoms with E-state index >= 15 is 0 Å². The SMILES string of the molecule is O=c1[nH]nc(SCc2noc(-c3ccccc3Cl)n2)n1Cc1ccccc1. The van der Waals surface area contributed by atoms with Crippen LogP contribution in [-0.4, -0.2) is 24.9 Å². The number of hydrogen-bond donors (Lipinski definition) is 1. The molecule has 0 unspecified atom stereocenters. The van der Waals surface area contributed by atoms with Gasteiger partial charge in [0.1, 0.15) is 0 Å². The number of aromatic nitrogens is 5. The smallest absolute Gasteiger partial charge is 0.334 e. The molecule has 0 fully saturated rings. The van der Waals surface area contributed by atoms with E-state index in [1.54, 1.807) is 10.6 Å². The maximum absolute atomic E-state index is 12.0. The Morgan fingerprint density at radius 2 is 1.89 bits per heavy atom. The summed E-state index contributed by atoms with van der Waals surface area (Å²) in [6.45, 7) is 0.440. The number of H-pyrrole nitrogens is 1. The van der Waals surface area contributed by atoms with Crippen molar-refractivity contribution in [2.45, 2.75) is 17.5 Å². The normalized spacial score (nSPS) is 11.0. The van der Waals surface area contributed by atoms with E-state index < -0.39 is 0 Å². The van der Waals surface area contributed by atoms with E-state index in [9.17, 15) is 4.79 Å². The fourth-order valence-corrected chi connectivity index (χ4v) is 3.51. The minimum atomic E-state index is -0.258. The third-order valence-corrected chi connectivity index (χ3v) is 5.11. The average Bonchev–Trinajstić information content (AvgIpc) is 3.29. The van der Waals surface area contributed by atoms with Crippen molar-refractivity contribution in [3.63, 3.8) is 0 Å². The molecule has 4 rings (SSSR count). The minimum Gasteiger partial charge on any atom is -0.334 e. The Balaban J connectivity index is 1.49. The van der Waals surface area contributed by atoms with Gasteiger partial charge in [-0.25, -0.2) is 9.89 Å². The molecule has 2 aromatic carbocycles. The van der Waals surface area contributed by atoms with Gasteiger partial charge in [-0.2, -0.15) is 4.98 Å². The van der Waals surface area contributed by atoms with E-state index in [-0.39, 0.29) is 5.69 Å². The van der Waals surface area contributed by atoms with Gasteiger partial charge in [0.25, 0.3) is 5.89 Å². The lowest BCUT2D eigenvalue weighted by molar-refractivity contribution is 0.425. The zero-order valence-electron chi connectivity index (χ0n) is 14.0. The number of benzene rings is 2. The summed E-state index contributed by atoms with van der Waals surface area (Å²) < 4.78 is 6.87. The first-order chi connectivity index (χ1) is 13.2. The maximum atomic E-state index is 12.0. The molecule has 7 nitrogen and oxygen atoms in total. The first-order valence-electron chi connectivity index (χ1n) is 8.10. The van der Waals surface area contributed by atoms with Crippen LogP contribution in [0.2, 0.25) is 5.02 Å². The van der Waals surface area contributed by atoms with Crippen LogP contribution in [0.15, 0.2) is 69.1 Å².